The zero-order chi connectivity index (χ0) is 12.4. The van der Waals surface area contributed by atoms with Gasteiger partial charge in [0, 0.05) is 43.7 Å². The fourth-order valence-electron chi connectivity index (χ4n) is 1.99. The van der Waals surface area contributed by atoms with Crippen molar-refractivity contribution in [2.75, 3.05) is 18.7 Å². The highest BCUT2D eigenvalue weighted by atomic mass is 16.7. The molecule has 0 saturated heterocycles. The number of anilines is 1. The minimum atomic E-state index is 0.313. The quantitative estimate of drug-likeness (QED) is 0.892. The molecule has 0 aliphatic carbocycles. The Bertz CT molecular complexity index is 551. The van der Waals surface area contributed by atoms with Crippen molar-refractivity contribution >= 4 is 5.69 Å². The van der Waals surface area contributed by atoms with Crippen LogP contribution in [0, 0.1) is 0 Å². The van der Waals surface area contributed by atoms with E-state index in [2.05, 4.69) is 10.4 Å². The Balaban J connectivity index is 1.59. The fraction of sp³-hybridized carbons (Fsp3) is 0.308. The molecule has 1 N–H and O–H groups in total. The molecule has 0 bridgehead atoms. The van der Waals surface area contributed by atoms with E-state index in [4.69, 9.17) is 9.47 Å². The Labute approximate surface area is 105 Å². The van der Waals surface area contributed by atoms with Crippen LogP contribution in [0.1, 0.15) is 5.69 Å². The van der Waals surface area contributed by atoms with Crippen LogP contribution in [0.3, 0.4) is 0 Å². The SMILES string of the molecule is Cn1nccc1CCNc1ccc2c(c1)OCO2. The van der Waals surface area contributed by atoms with E-state index < -0.39 is 0 Å². The number of nitrogens with zero attached hydrogens (tertiary/aromatic N) is 2. The van der Waals surface area contributed by atoms with Gasteiger partial charge in [-0.15, -0.1) is 0 Å². The first kappa shape index (κ1) is 11.0. The lowest BCUT2D eigenvalue weighted by atomic mass is 10.2. The first-order chi connectivity index (χ1) is 8.83. The second-order valence-electron chi connectivity index (χ2n) is 4.19. The first-order valence-corrected chi connectivity index (χ1v) is 5.93. The summed E-state index contributed by atoms with van der Waals surface area (Å²) in [4.78, 5) is 0. The van der Waals surface area contributed by atoms with Gasteiger partial charge in [0.05, 0.1) is 0 Å². The minimum absolute atomic E-state index is 0.313. The van der Waals surface area contributed by atoms with E-state index in [1.807, 2.05) is 42.2 Å². The van der Waals surface area contributed by atoms with Crippen molar-refractivity contribution in [3.05, 3.63) is 36.2 Å². The number of nitrogens with one attached hydrogen (secondary N) is 1. The van der Waals surface area contributed by atoms with Crippen LogP contribution in [0.15, 0.2) is 30.5 Å². The van der Waals surface area contributed by atoms with Gasteiger partial charge in [-0.1, -0.05) is 0 Å². The summed E-state index contributed by atoms with van der Waals surface area (Å²) in [6.07, 6.45) is 2.75. The van der Waals surface area contributed by atoms with Gasteiger partial charge in [-0.2, -0.15) is 5.10 Å². The van der Waals surface area contributed by atoms with E-state index in [-0.39, 0.29) is 0 Å². The van der Waals surface area contributed by atoms with Gasteiger partial charge in [-0.05, 0) is 18.2 Å². The molecule has 1 aliphatic heterocycles. The summed E-state index contributed by atoms with van der Waals surface area (Å²) < 4.78 is 12.5. The molecule has 0 fully saturated rings. The minimum Gasteiger partial charge on any atom is -0.454 e. The molecule has 0 saturated carbocycles. The number of fused-ring (bicyclic) bond motifs is 1. The molecule has 1 aromatic carbocycles. The first-order valence-electron chi connectivity index (χ1n) is 5.93. The Morgan fingerprint density at radius 3 is 3.00 bits per heavy atom. The highest BCUT2D eigenvalue weighted by Crippen LogP contribution is 2.34. The van der Waals surface area contributed by atoms with E-state index in [1.54, 1.807) is 0 Å². The highest BCUT2D eigenvalue weighted by Gasteiger charge is 2.12. The average Bonchev–Trinajstić information content (AvgIpc) is 2.98. The molecule has 5 heteroatoms. The van der Waals surface area contributed by atoms with Crippen molar-refractivity contribution in [3.63, 3.8) is 0 Å². The van der Waals surface area contributed by atoms with Crippen LogP contribution in [-0.4, -0.2) is 23.1 Å². The van der Waals surface area contributed by atoms with Gasteiger partial charge in [0.1, 0.15) is 0 Å². The summed E-state index contributed by atoms with van der Waals surface area (Å²) in [5.41, 5.74) is 2.25. The molecule has 3 rings (SSSR count). The van der Waals surface area contributed by atoms with E-state index in [0.717, 1.165) is 30.2 Å². The lowest BCUT2D eigenvalue weighted by Gasteiger charge is -2.07. The normalized spacial score (nSPS) is 12.7. The van der Waals surface area contributed by atoms with Gasteiger partial charge < -0.3 is 14.8 Å². The second kappa shape index (κ2) is 4.60. The van der Waals surface area contributed by atoms with Crippen molar-refractivity contribution in [1.82, 2.24) is 9.78 Å². The number of hydrogen-bond acceptors (Lipinski definition) is 4. The van der Waals surface area contributed by atoms with Crippen molar-refractivity contribution in [2.45, 2.75) is 6.42 Å². The third kappa shape index (κ3) is 2.11. The Morgan fingerprint density at radius 1 is 1.28 bits per heavy atom. The van der Waals surface area contributed by atoms with Crippen LogP contribution in [0.4, 0.5) is 5.69 Å². The molecule has 2 heterocycles. The van der Waals surface area contributed by atoms with E-state index >= 15 is 0 Å². The smallest absolute Gasteiger partial charge is 0.231 e. The molecule has 2 aromatic rings. The van der Waals surface area contributed by atoms with Crippen LogP contribution in [0.2, 0.25) is 0 Å². The molecule has 18 heavy (non-hydrogen) atoms. The molecule has 0 atom stereocenters. The summed E-state index contributed by atoms with van der Waals surface area (Å²) in [5.74, 6) is 1.62. The van der Waals surface area contributed by atoms with Crippen LogP contribution in [0.25, 0.3) is 0 Å². The molecule has 0 amide bonds. The lowest BCUT2D eigenvalue weighted by molar-refractivity contribution is 0.174. The molecule has 1 aromatic heterocycles. The fourth-order valence-corrected chi connectivity index (χ4v) is 1.99. The zero-order valence-electron chi connectivity index (χ0n) is 10.2. The predicted molar refractivity (Wildman–Crippen MR) is 68.0 cm³/mol. The summed E-state index contributed by atoms with van der Waals surface area (Å²) in [5, 5.41) is 7.51. The number of ether oxygens (including phenoxy) is 2. The Morgan fingerprint density at radius 2 is 2.17 bits per heavy atom. The summed E-state index contributed by atoms with van der Waals surface area (Å²) in [6, 6.07) is 7.92. The summed E-state index contributed by atoms with van der Waals surface area (Å²) >= 11 is 0. The van der Waals surface area contributed by atoms with Crippen LogP contribution in [-0.2, 0) is 13.5 Å². The van der Waals surface area contributed by atoms with E-state index in [9.17, 15) is 0 Å². The molecule has 1 aliphatic rings. The number of benzene rings is 1. The predicted octanol–water partition coefficient (Wildman–Crippen LogP) is 1.80. The highest BCUT2D eigenvalue weighted by molar-refractivity contribution is 5.55. The topological polar surface area (TPSA) is 48.3 Å². The number of rotatable bonds is 4. The van der Waals surface area contributed by atoms with Gasteiger partial charge in [0.25, 0.3) is 0 Å². The van der Waals surface area contributed by atoms with Gasteiger partial charge in [0.15, 0.2) is 11.5 Å². The van der Waals surface area contributed by atoms with E-state index in [0.29, 0.717) is 6.79 Å². The summed E-state index contributed by atoms with van der Waals surface area (Å²) in [7, 11) is 1.95. The van der Waals surface area contributed by atoms with Gasteiger partial charge in [0.2, 0.25) is 6.79 Å². The molecule has 5 nitrogen and oxygen atoms in total. The second-order valence-corrected chi connectivity index (χ2v) is 4.19. The third-order valence-electron chi connectivity index (χ3n) is 3.01. The van der Waals surface area contributed by atoms with Gasteiger partial charge in [-0.3, -0.25) is 4.68 Å². The molecule has 0 radical (unpaired) electrons. The largest absolute Gasteiger partial charge is 0.454 e. The van der Waals surface area contributed by atoms with Crippen LogP contribution in [0.5, 0.6) is 11.5 Å². The van der Waals surface area contributed by atoms with Crippen molar-refractivity contribution in [2.24, 2.45) is 7.05 Å². The monoisotopic (exact) mass is 245 g/mol. The molecule has 94 valence electrons. The molecular weight excluding hydrogens is 230 g/mol. The maximum atomic E-state index is 5.33. The van der Waals surface area contributed by atoms with Gasteiger partial charge in [-0.25, -0.2) is 0 Å². The van der Waals surface area contributed by atoms with Crippen LogP contribution >= 0.6 is 0 Å². The number of aromatic nitrogens is 2. The molecule has 0 spiro atoms. The van der Waals surface area contributed by atoms with Gasteiger partial charge >= 0.3 is 0 Å². The average molecular weight is 245 g/mol. The molecule has 0 unspecified atom stereocenters. The van der Waals surface area contributed by atoms with Crippen molar-refractivity contribution < 1.29 is 9.47 Å². The standard InChI is InChI=1S/C13H15N3O2/c1-16-11(5-7-15-16)4-6-14-10-2-3-12-13(8-10)18-9-17-12/h2-3,5,7-8,14H,4,6,9H2,1H3. The maximum Gasteiger partial charge on any atom is 0.231 e. The lowest BCUT2D eigenvalue weighted by Crippen LogP contribution is -2.08. The van der Waals surface area contributed by atoms with Crippen molar-refractivity contribution in [1.29, 1.82) is 0 Å². The number of hydrogen-bond donors (Lipinski definition) is 1. The Kier molecular flexibility index (Phi) is 2.80. The third-order valence-corrected chi connectivity index (χ3v) is 3.01. The van der Waals surface area contributed by atoms with Crippen LogP contribution < -0.4 is 14.8 Å². The summed E-state index contributed by atoms with van der Waals surface area (Å²) in [6.45, 7) is 1.17. The number of aryl methyl sites for hydroxylation is 1. The van der Waals surface area contributed by atoms with E-state index in [1.165, 1.54) is 5.69 Å². The van der Waals surface area contributed by atoms with Crippen molar-refractivity contribution in [3.8, 4) is 11.5 Å². The zero-order valence-corrected chi connectivity index (χ0v) is 10.2. The molecular formula is C13H15N3O2. The Hall–Kier alpha value is -2.17. The maximum absolute atomic E-state index is 5.33.